The van der Waals surface area contributed by atoms with Crippen LogP contribution in [0.5, 0.6) is 51.7 Å². The number of ether oxygens (including phenoxy) is 7. The number of likely N-dealkylation sites (N-methyl/N-ethyl adjacent to an activating group) is 1. The fraction of sp³-hybridized carbons (Fsp3) is 0.477. The third-order valence-electron chi connectivity index (χ3n) is 24.6. The van der Waals surface area contributed by atoms with Crippen molar-refractivity contribution in [2.24, 2.45) is 35.3 Å². The van der Waals surface area contributed by atoms with Crippen molar-refractivity contribution in [3.63, 3.8) is 0 Å². The quantitative estimate of drug-likeness (QED) is 0.0484. The molecule has 22 N–H and O–H groups in total. The van der Waals surface area contributed by atoms with E-state index < -0.39 is 237 Å². The number of nitrogens with one attached hydrogen (secondary N) is 11. The first-order valence-corrected chi connectivity index (χ1v) is 43.0. The summed E-state index contributed by atoms with van der Waals surface area (Å²) >= 11 is 14.5. The number of hydrogen-bond donors (Lipinski definition) is 21. The minimum Gasteiger partial charge on any atom is -0.508 e. The van der Waals surface area contributed by atoms with Gasteiger partial charge in [-0.1, -0.05) is 55.2 Å². The van der Waals surface area contributed by atoms with Gasteiger partial charge in [0.05, 0.1) is 47.9 Å². The topological polar surface area (TPSA) is 576 Å². The highest BCUT2D eigenvalue weighted by Gasteiger charge is 2.53. The smallest absolute Gasteiger partial charge is 0.325 e. The van der Waals surface area contributed by atoms with Gasteiger partial charge in [-0.15, -0.1) is 0 Å². The number of carbonyl (C=O) groups is 10. The molecule has 6 fully saturated rings. The molecular weight excluding hydrogens is 1710 g/mol. The molecule has 0 aromatic heterocycles. The summed E-state index contributed by atoms with van der Waals surface area (Å²) in [6.07, 6.45) is -14.3. The lowest BCUT2D eigenvalue weighted by molar-refractivity contribution is -0.333. The molecule has 11 amide bonds. The van der Waals surface area contributed by atoms with E-state index >= 15 is 28.8 Å². The van der Waals surface area contributed by atoms with E-state index in [1.807, 2.05) is 13.8 Å². The summed E-state index contributed by atoms with van der Waals surface area (Å²) in [7, 11) is 1.47. The molecule has 11 aliphatic rings. The zero-order valence-electron chi connectivity index (χ0n) is 70.4. The average molecular weight is 1820 g/mol. The number of aromatic hydroxyl groups is 3. The fourth-order valence-corrected chi connectivity index (χ4v) is 18.9. The maximum Gasteiger partial charge on any atom is 0.325 e. The first kappa shape index (κ1) is 92.9. The van der Waals surface area contributed by atoms with Gasteiger partial charge in [-0.25, -0.2) is 4.79 Å². The summed E-state index contributed by atoms with van der Waals surface area (Å²) in [6.45, 7) is 7.54. The fourth-order valence-electron chi connectivity index (χ4n) is 18.4. The van der Waals surface area contributed by atoms with Gasteiger partial charge < -0.3 is 138 Å². The number of fused-ring (bicyclic) bond motifs is 15. The van der Waals surface area contributed by atoms with Crippen LogP contribution in [0.25, 0.3) is 11.1 Å². The van der Waals surface area contributed by atoms with Crippen molar-refractivity contribution < 1.29 is 127 Å². The molecule has 15 bridgehead atoms. The maximum atomic E-state index is 16.7. The second kappa shape index (κ2) is 39.0. The van der Waals surface area contributed by atoms with Gasteiger partial charge in [0.25, 0.3) is 0 Å². The number of aliphatic hydroxyl groups is 6. The van der Waals surface area contributed by atoms with Crippen molar-refractivity contribution in [3.05, 3.63) is 141 Å². The molecule has 0 unspecified atom stereocenters. The number of nitrogens with two attached hydrogens (primary N) is 1. The molecular formula is C88H104Cl2N12O26. The van der Waals surface area contributed by atoms with E-state index in [9.17, 15) is 65.1 Å². The molecule has 2 saturated heterocycles. The Kier molecular flexibility index (Phi) is 28.3. The molecule has 686 valence electrons. The summed E-state index contributed by atoms with van der Waals surface area (Å²) in [5, 5.41) is 135. The largest absolute Gasteiger partial charge is 0.508 e. The highest BCUT2D eigenvalue weighted by atomic mass is 35.5. The van der Waals surface area contributed by atoms with Gasteiger partial charge in [0, 0.05) is 54.4 Å². The average Bonchev–Trinajstić information content (AvgIpc) is 0.760. The molecule has 128 heavy (non-hydrogen) atoms. The number of imide groups is 1. The monoisotopic (exact) mass is 1810 g/mol. The molecule has 0 spiro atoms. The van der Waals surface area contributed by atoms with E-state index in [0.717, 1.165) is 86.7 Å². The van der Waals surface area contributed by atoms with Gasteiger partial charge in [-0.05, 0) is 202 Å². The SMILES string of the molecule is CN[C@H](CC(C)C)C(=O)N[C@H]1C(=O)N[C@@H](CC(=O)NC(=O)Nc2ccc(OCCCNC(C)=O)cc2)C(=O)N[C@H]2C(=O)N[C@H]3C(=O)N[C@H](C(=O)N[C@H](C(=O)NC4C5CC6CC(C5)CC4C6)c4cc(O)cc(O)c4-c4cc3ccc4O)[C@H](O)c3ccc(c(Cl)c3)Oc3cc2cc(c3O[C@@H]2O[C@H](CO)[C@@H](O)[C@H](O)[C@H]2O[C@H]2C[C@](C)(N)[C@H](O)[C@H](C)O2)Oc2ccc(cc2Cl)[C@H]1O. The Hall–Kier alpha value is -11.2. The number of carbonyl (C=O) groups excluding carboxylic acids is 10. The molecule has 6 aromatic rings. The lowest BCUT2D eigenvalue weighted by Crippen LogP contribution is -2.64. The second-order valence-corrected chi connectivity index (χ2v) is 35.4. The van der Waals surface area contributed by atoms with Crippen molar-refractivity contribution >= 4 is 88.1 Å². The summed E-state index contributed by atoms with van der Waals surface area (Å²) < 4.78 is 44.8. The van der Waals surface area contributed by atoms with Crippen molar-refractivity contribution in [3.8, 4) is 62.9 Å². The van der Waals surface area contributed by atoms with Gasteiger partial charge in [0.2, 0.25) is 65.2 Å². The zero-order chi connectivity index (χ0) is 91.8. The number of hydrogen-bond acceptors (Lipinski definition) is 28. The van der Waals surface area contributed by atoms with Crippen molar-refractivity contribution in [1.82, 2.24) is 53.2 Å². The molecule has 38 nitrogen and oxygen atoms in total. The number of benzene rings is 6. The van der Waals surface area contributed by atoms with Crippen LogP contribution in [0.2, 0.25) is 10.0 Å². The number of phenolic OH excluding ortho intramolecular Hbond substituents is 3. The van der Waals surface area contributed by atoms with E-state index in [1.165, 1.54) is 76.3 Å². The first-order valence-electron chi connectivity index (χ1n) is 42.2. The van der Waals surface area contributed by atoms with Crippen LogP contribution in [0, 0.1) is 29.6 Å². The summed E-state index contributed by atoms with van der Waals surface area (Å²) in [5.41, 5.74) is 2.92. The number of halogens is 2. The number of phenols is 3. The highest BCUT2D eigenvalue weighted by molar-refractivity contribution is 6.32. The van der Waals surface area contributed by atoms with E-state index in [2.05, 4.69) is 58.5 Å². The normalized spacial score (nSPS) is 29.8. The minimum absolute atomic E-state index is 0.0469. The molecule has 6 aromatic carbocycles. The Bertz CT molecular complexity index is 5220. The van der Waals surface area contributed by atoms with Crippen molar-refractivity contribution in [1.29, 1.82) is 0 Å². The molecule has 0 radical (unpaired) electrons. The van der Waals surface area contributed by atoms with Gasteiger partial charge in [0.15, 0.2) is 23.9 Å². The predicted octanol–water partition coefficient (Wildman–Crippen LogP) is 3.73. The van der Waals surface area contributed by atoms with Crippen molar-refractivity contribution in [2.45, 2.75) is 208 Å². The van der Waals surface area contributed by atoms with Gasteiger partial charge in [-0.2, -0.15) is 0 Å². The first-order chi connectivity index (χ1) is 60.9. The molecule has 7 aliphatic heterocycles. The molecule has 7 heterocycles. The third kappa shape index (κ3) is 20.6. The Morgan fingerprint density at radius 3 is 1.91 bits per heavy atom. The standard InChI is InChI=1S/C88H104Cl2N12O26/c1-36(2)20-54(92-6)79(114)101-70-72(109)42-9-16-58(52(89)27-42)124-60-29-46-30-61(76(60)128-86-77(75(112)74(111)62(35-103)126-86)127-64-34-88(5,91)78(113)37(3)123-64)125-59-17-10-43(28-53(59)90)73(110)71-85(120)100-69(83(118)97-66-44-22-39-21-40(24-44)25-45(66)23-39)51-31-48(105)32-57(107)65(51)50-26-41(8-15-56(50)106)67(81(116)102-71)99-82(117)68(46)98-80(115)55(95-84(70)119)33-63(108)96-87(121)94-47-11-13-49(14-12-47)122-19-7-18-93-38(4)104/h8-17,26-32,36-37,39-40,44-45,54-55,62,64,66-75,77-78,86,92,103,105-107,109-113H,7,18-25,33-35,91H2,1-6H3,(H,93,104)(H,95,119)(H,97,118)(H,98,115)(H,99,117)(H,100,120)(H,101,114)(H,102,116)(H2,94,96,108,121)/t37-,39?,40?,44?,45?,54+,55-,62+,64-,66?,67+,68+,69-,70+,71-,72+,73+,74+,75-,77+,78+,86-,88-/m0/s1. The minimum atomic E-state index is -2.44. The maximum absolute atomic E-state index is 16.7. The lowest BCUT2D eigenvalue weighted by atomic mass is 9.54. The third-order valence-corrected chi connectivity index (χ3v) is 25.2. The second-order valence-electron chi connectivity index (χ2n) is 34.6. The van der Waals surface area contributed by atoms with Crippen LogP contribution in [0.15, 0.2) is 103 Å². The van der Waals surface area contributed by atoms with Gasteiger partial charge in [0.1, 0.15) is 101 Å². The number of anilines is 1. The molecule has 18 atom stereocenters. The van der Waals surface area contributed by atoms with Crippen LogP contribution < -0.4 is 83.2 Å². The van der Waals surface area contributed by atoms with E-state index in [0.29, 0.717) is 30.6 Å². The number of rotatable bonds is 20. The van der Waals surface area contributed by atoms with Crippen LogP contribution in [0.4, 0.5) is 10.5 Å². The van der Waals surface area contributed by atoms with E-state index in [-0.39, 0.29) is 87.9 Å². The van der Waals surface area contributed by atoms with Crippen LogP contribution in [-0.2, 0) is 57.4 Å². The van der Waals surface area contributed by atoms with E-state index in [1.54, 1.807) is 0 Å². The van der Waals surface area contributed by atoms with Crippen LogP contribution >= 0.6 is 23.2 Å². The number of urea groups is 1. The Labute approximate surface area is 743 Å². The number of aliphatic hydroxyl groups excluding tert-OH is 6. The predicted molar refractivity (Wildman–Crippen MR) is 454 cm³/mol. The molecule has 4 saturated carbocycles. The van der Waals surface area contributed by atoms with Crippen LogP contribution in [0.3, 0.4) is 0 Å². The van der Waals surface area contributed by atoms with Crippen LogP contribution in [-0.4, -0.2) is 217 Å². The summed E-state index contributed by atoms with van der Waals surface area (Å²) in [4.78, 5) is 150. The van der Waals surface area contributed by atoms with E-state index in [4.69, 9.17) is 62.1 Å². The Morgan fingerprint density at radius 2 is 1.30 bits per heavy atom. The zero-order valence-corrected chi connectivity index (χ0v) is 71.9. The summed E-state index contributed by atoms with van der Waals surface area (Å²) in [5.74, 6) is -13.9. The Morgan fingerprint density at radius 1 is 0.672 bits per heavy atom. The molecule has 40 heteroatoms. The highest BCUT2D eigenvalue weighted by Crippen LogP contribution is 2.55. The van der Waals surface area contributed by atoms with Crippen LogP contribution in [0.1, 0.15) is 151 Å². The lowest BCUT2D eigenvalue weighted by Gasteiger charge is -2.54. The molecule has 17 rings (SSSR count). The summed E-state index contributed by atoms with van der Waals surface area (Å²) in [6, 6.07) is 4.21. The van der Waals surface area contributed by atoms with Gasteiger partial charge >= 0.3 is 6.03 Å². The Balaban J connectivity index is 0.941. The van der Waals surface area contributed by atoms with Gasteiger partial charge in [-0.3, -0.25) is 48.5 Å². The van der Waals surface area contributed by atoms with Crippen molar-refractivity contribution in [2.75, 3.05) is 32.1 Å². The number of amides is 11. The molecule has 4 aliphatic carbocycles.